The van der Waals surface area contributed by atoms with Gasteiger partial charge >= 0.3 is 0 Å². The minimum absolute atomic E-state index is 0.0511. The summed E-state index contributed by atoms with van der Waals surface area (Å²) in [6, 6.07) is 6.78. The summed E-state index contributed by atoms with van der Waals surface area (Å²) in [5.74, 6) is -0.0511. The number of carbonyl (C=O) groups is 1. The second-order valence-electron chi connectivity index (χ2n) is 5.07. The summed E-state index contributed by atoms with van der Waals surface area (Å²) in [5, 5.41) is 13.9. The van der Waals surface area contributed by atoms with Gasteiger partial charge in [-0.25, -0.2) is 0 Å². The molecule has 21 heavy (non-hydrogen) atoms. The molecule has 0 radical (unpaired) electrons. The molecule has 0 unspecified atom stereocenters. The van der Waals surface area contributed by atoms with Gasteiger partial charge in [-0.05, 0) is 19.9 Å². The van der Waals surface area contributed by atoms with Gasteiger partial charge in [0.05, 0.1) is 11.5 Å². The Morgan fingerprint density at radius 2 is 2.05 bits per heavy atom. The average molecular weight is 293 g/mol. The van der Waals surface area contributed by atoms with Gasteiger partial charge in [0.2, 0.25) is 5.91 Å². The number of amides is 1. The molecule has 0 aliphatic heterocycles. The van der Waals surface area contributed by atoms with Gasteiger partial charge in [-0.1, -0.05) is 32.0 Å². The first-order valence-electron chi connectivity index (χ1n) is 7.21. The van der Waals surface area contributed by atoms with Crippen molar-refractivity contribution < 1.29 is 9.72 Å². The number of carbonyl (C=O) groups excluding carboxylic acids is 1. The molecule has 0 spiro atoms. The molecular formula is C15H23N3O3. The highest BCUT2D eigenvalue weighted by Crippen LogP contribution is 2.19. The van der Waals surface area contributed by atoms with Gasteiger partial charge in [0.15, 0.2) is 0 Å². The van der Waals surface area contributed by atoms with Gasteiger partial charge in [-0.15, -0.1) is 0 Å². The van der Waals surface area contributed by atoms with Crippen LogP contribution < -0.4 is 5.32 Å². The first-order valence-corrected chi connectivity index (χ1v) is 7.21. The third-order valence-electron chi connectivity index (χ3n) is 3.42. The number of benzene rings is 1. The van der Waals surface area contributed by atoms with E-state index in [1.807, 2.05) is 25.7 Å². The van der Waals surface area contributed by atoms with Gasteiger partial charge in [-0.3, -0.25) is 19.8 Å². The Kier molecular flexibility index (Phi) is 6.81. The van der Waals surface area contributed by atoms with E-state index < -0.39 is 0 Å². The zero-order valence-electron chi connectivity index (χ0n) is 12.8. The number of nitro groups is 1. The molecule has 6 heteroatoms. The Morgan fingerprint density at radius 1 is 1.38 bits per heavy atom. The number of nitrogens with zero attached hydrogens (tertiary/aromatic N) is 2. The number of nitro benzene ring substituents is 1. The molecule has 1 N–H and O–H groups in total. The van der Waals surface area contributed by atoms with Crippen LogP contribution in [0.3, 0.4) is 0 Å². The Bertz CT molecular complexity index is 491. The zero-order chi connectivity index (χ0) is 15.8. The van der Waals surface area contributed by atoms with Crippen molar-refractivity contribution in [2.75, 3.05) is 13.1 Å². The highest BCUT2D eigenvalue weighted by molar-refractivity contribution is 5.78. The molecule has 0 saturated carbocycles. The maximum Gasteiger partial charge on any atom is 0.273 e. The lowest BCUT2D eigenvalue weighted by Crippen LogP contribution is -2.40. The first kappa shape index (κ1) is 17.1. The van der Waals surface area contributed by atoms with Crippen LogP contribution in [0.4, 0.5) is 5.69 Å². The van der Waals surface area contributed by atoms with Gasteiger partial charge < -0.3 is 5.32 Å². The highest BCUT2D eigenvalue weighted by Gasteiger charge is 2.17. The van der Waals surface area contributed by atoms with Gasteiger partial charge in [-0.2, -0.15) is 0 Å². The number of hydrogen-bond donors (Lipinski definition) is 1. The molecule has 1 aromatic rings. The maximum absolute atomic E-state index is 11.9. The minimum atomic E-state index is -0.387. The third kappa shape index (κ3) is 5.51. The third-order valence-corrected chi connectivity index (χ3v) is 3.42. The van der Waals surface area contributed by atoms with E-state index in [0.717, 1.165) is 6.42 Å². The van der Waals surface area contributed by atoms with E-state index in [9.17, 15) is 14.9 Å². The molecule has 1 rings (SSSR count). The summed E-state index contributed by atoms with van der Waals surface area (Å²) in [5.41, 5.74) is 0.721. The van der Waals surface area contributed by atoms with E-state index in [-0.39, 0.29) is 29.1 Å². The summed E-state index contributed by atoms with van der Waals surface area (Å²) in [7, 11) is 0. The van der Waals surface area contributed by atoms with Crippen LogP contribution in [0.25, 0.3) is 0 Å². The number of para-hydroxylation sites is 1. The maximum atomic E-state index is 11.9. The predicted octanol–water partition coefficient (Wildman–Crippen LogP) is 2.33. The van der Waals surface area contributed by atoms with Crippen molar-refractivity contribution in [1.29, 1.82) is 0 Å². The smallest absolute Gasteiger partial charge is 0.273 e. The van der Waals surface area contributed by atoms with Crippen LogP contribution in [-0.2, 0) is 11.3 Å². The second-order valence-corrected chi connectivity index (χ2v) is 5.07. The molecule has 0 fully saturated rings. The fraction of sp³-hybridized carbons (Fsp3) is 0.533. The first-order chi connectivity index (χ1) is 9.97. The topological polar surface area (TPSA) is 75.5 Å². The largest absolute Gasteiger partial charge is 0.353 e. The minimum Gasteiger partial charge on any atom is -0.353 e. The lowest BCUT2D eigenvalue weighted by Gasteiger charge is -2.21. The number of hydrogen-bond acceptors (Lipinski definition) is 4. The van der Waals surface area contributed by atoms with Crippen LogP contribution >= 0.6 is 0 Å². The van der Waals surface area contributed by atoms with Crippen LogP contribution in [0.5, 0.6) is 0 Å². The Labute approximate surface area is 125 Å². The molecule has 0 saturated heterocycles. The van der Waals surface area contributed by atoms with Crippen molar-refractivity contribution in [3.05, 3.63) is 39.9 Å². The van der Waals surface area contributed by atoms with Crippen molar-refractivity contribution in [2.24, 2.45) is 0 Å². The van der Waals surface area contributed by atoms with Gasteiger partial charge in [0.1, 0.15) is 0 Å². The van der Waals surface area contributed by atoms with Crippen LogP contribution in [0.15, 0.2) is 24.3 Å². The Morgan fingerprint density at radius 3 is 2.62 bits per heavy atom. The van der Waals surface area contributed by atoms with Crippen molar-refractivity contribution in [3.63, 3.8) is 0 Å². The van der Waals surface area contributed by atoms with Crippen LogP contribution in [-0.4, -0.2) is 34.9 Å². The van der Waals surface area contributed by atoms with E-state index in [2.05, 4.69) is 5.32 Å². The Hall–Kier alpha value is -1.95. The molecule has 1 atom stereocenters. The van der Waals surface area contributed by atoms with E-state index in [0.29, 0.717) is 18.7 Å². The fourth-order valence-corrected chi connectivity index (χ4v) is 1.97. The lowest BCUT2D eigenvalue weighted by atomic mass is 10.1. The number of rotatable bonds is 8. The molecule has 0 aliphatic rings. The molecular weight excluding hydrogens is 270 g/mol. The molecule has 1 amide bonds. The molecule has 0 aliphatic carbocycles. The van der Waals surface area contributed by atoms with Crippen LogP contribution in [0.2, 0.25) is 0 Å². The quantitative estimate of drug-likeness (QED) is 0.589. The normalized spacial score (nSPS) is 12.2. The van der Waals surface area contributed by atoms with Crippen molar-refractivity contribution in [2.45, 2.75) is 39.8 Å². The van der Waals surface area contributed by atoms with E-state index in [1.165, 1.54) is 6.07 Å². The molecule has 6 nitrogen and oxygen atoms in total. The molecule has 1 aromatic carbocycles. The van der Waals surface area contributed by atoms with E-state index in [1.54, 1.807) is 18.2 Å². The summed E-state index contributed by atoms with van der Waals surface area (Å²) in [6.45, 7) is 7.19. The van der Waals surface area contributed by atoms with Crippen LogP contribution in [0.1, 0.15) is 32.8 Å². The molecule has 0 aromatic heterocycles. The standard InChI is InChI=1S/C15H23N3O3/c1-4-12(3)16-15(19)11-17(5-2)10-13-8-6-7-9-14(13)18(20)21/h6-9,12H,4-5,10-11H2,1-3H3,(H,16,19)/t12-/m0/s1. The Balaban J connectivity index is 2.70. The lowest BCUT2D eigenvalue weighted by molar-refractivity contribution is -0.385. The molecule has 0 heterocycles. The number of nitrogens with one attached hydrogen (secondary N) is 1. The predicted molar refractivity (Wildman–Crippen MR) is 81.9 cm³/mol. The van der Waals surface area contributed by atoms with Crippen molar-refractivity contribution in [1.82, 2.24) is 10.2 Å². The zero-order valence-corrected chi connectivity index (χ0v) is 12.8. The summed E-state index contributed by atoms with van der Waals surface area (Å²) in [4.78, 5) is 24.4. The van der Waals surface area contributed by atoms with Gasteiger partial charge in [0, 0.05) is 24.2 Å². The fourth-order valence-electron chi connectivity index (χ4n) is 1.97. The monoisotopic (exact) mass is 293 g/mol. The van der Waals surface area contributed by atoms with E-state index in [4.69, 9.17) is 0 Å². The number of likely N-dealkylation sites (N-methyl/N-ethyl adjacent to an activating group) is 1. The summed E-state index contributed by atoms with van der Waals surface area (Å²) < 4.78 is 0. The van der Waals surface area contributed by atoms with E-state index >= 15 is 0 Å². The van der Waals surface area contributed by atoms with Crippen LogP contribution in [0, 0.1) is 10.1 Å². The highest BCUT2D eigenvalue weighted by atomic mass is 16.6. The summed E-state index contributed by atoms with van der Waals surface area (Å²) >= 11 is 0. The SMILES string of the molecule is CC[C@H](C)NC(=O)CN(CC)Cc1ccccc1[N+](=O)[O-]. The van der Waals surface area contributed by atoms with Crippen molar-refractivity contribution >= 4 is 11.6 Å². The molecule has 116 valence electrons. The van der Waals surface area contributed by atoms with Gasteiger partial charge in [0.25, 0.3) is 5.69 Å². The average Bonchev–Trinajstić information content (AvgIpc) is 2.46. The summed E-state index contributed by atoms with van der Waals surface area (Å²) in [6.07, 6.45) is 0.877. The van der Waals surface area contributed by atoms with Crippen molar-refractivity contribution in [3.8, 4) is 0 Å². The molecule has 0 bridgehead atoms. The second kappa shape index (κ2) is 8.36.